The van der Waals surface area contributed by atoms with E-state index in [-0.39, 0.29) is 29.9 Å². The number of unbranched alkanes of at least 4 members (excludes halogenated alkanes) is 2. The van der Waals surface area contributed by atoms with Crippen molar-refractivity contribution in [1.82, 2.24) is 5.32 Å². The van der Waals surface area contributed by atoms with Gasteiger partial charge in [0.15, 0.2) is 22.7 Å². The van der Waals surface area contributed by atoms with Crippen molar-refractivity contribution in [1.29, 1.82) is 0 Å². The molecule has 1 atom stereocenters. The van der Waals surface area contributed by atoms with E-state index in [4.69, 9.17) is 18.9 Å². The molecule has 0 bridgehead atoms. The van der Waals surface area contributed by atoms with Gasteiger partial charge in [0, 0.05) is 12.0 Å². The summed E-state index contributed by atoms with van der Waals surface area (Å²) in [6.45, 7) is 1.19. The summed E-state index contributed by atoms with van der Waals surface area (Å²) in [5.74, 6) is -1.50. The third-order valence-corrected chi connectivity index (χ3v) is 7.58. The Morgan fingerprint density at radius 1 is 0.902 bits per heavy atom. The molecule has 11 nitrogen and oxygen atoms in total. The van der Waals surface area contributed by atoms with Crippen LogP contribution in [-0.4, -0.2) is 56.5 Å². The zero-order valence-corrected chi connectivity index (χ0v) is 24.0. The van der Waals surface area contributed by atoms with Gasteiger partial charge in [-0.1, -0.05) is 18.9 Å². The number of carbonyl (C=O) groups is 3. The predicted octanol–water partition coefficient (Wildman–Crippen LogP) is 3.98. The lowest BCUT2D eigenvalue weighted by molar-refractivity contribution is -0.163. The maximum atomic E-state index is 13.0. The number of fused-ring (bicyclic) bond motifs is 3. The van der Waals surface area contributed by atoms with Crippen LogP contribution >= 0.6 is 0 Å². The van der Waals surface area contributed by atoms with Gasteiger partial charge in [-0.15, -0.1) is 0 Å². The highest BCUT2D eigenvalue weighted by Crippen LogP contribution is 2.50. The predicted molar refractivity (Wildman–Crippen MR) is 150 cm³/mol. The third kappa shape index (κ3) is 6.55. The fourth-order valence-electron chi connectivity index (χ4n) is 5.13. The molecule has 3 N–H and O–H groups in total. The lowest BCUT2D eigenvalue weighted by Gasteiger charge is -2.20. The van der Waals surface area contributed by atoms with Crippen molar-refractivity contribution < 1.29 is 43.5 Å². The zero-order valence-electron chi connectivity index (χ0n) is 24.0. The number of rotatable bonds is 13. The Bertz CT molecular complexity index is 1360. The van der Waals surface area contributed by atoms with E-state index in [1.54, 1.807) is 12.1 Å². The molecule has 2 aromatic carbocycles. The zero-order chi connectivity index (χ0) is 30.3. The molecule has 0 aliphatic heterocycles. The van der Waals surface area contributed by atoms with Crippen molar-refractivity contribution in [3.8, 4) is 34.1 Å². The Kier molecular flexibility index (Phi) is 10.2. The Balaban J connectivity index is 1.89. The summed E-state index contributed by atoms with van der Waals surface area (Å²) in [5.41, 5.74) is 0.720. The average molecular weight is 572 g/mol. The van der Waals surface area contributed by atoms with E-state index < -0.39 is 23.4 Å². The van der Waals surface area contributed by atoms with E-state index in [2.05, 4.69) is 5.32 Å². The van der Waals surface area contributed by atoms with Crippen LogP contribution in [0.5, 0.6) is 23.0 Å². The van der Waals surface area contributed by atoms with Gasteiger partial charge in [-0.3, -0.25) is 19.2 Å². The lowest BCUT2D eigenvalue weighted by Crippen LogP contribution is -2.36. The summed E-state index contributed by atoms with van der Waals surface area (Å²) >= 11 is 0. The number of carbonyl (C=O) groups excluding carboxylic acids is 1. The quantitative estimate of drug-likeness (QED) is 0.237. The van der Waals surface area contributed by atoms with Crippen molar-refractivity contribution in [2.75, 3.05) is 28.4 Å². The Labute approximate surface area is 238 Å². The summed E-state index contributed by atoms with van der Waals surface area (Å²) in [6.07, 6.45) is 2.45. The molecular formula is C30H37NO10. The number of nitrogens with one attached hydrogen (secondary N) is 1. The summed E-state index contributed by atoms with van der Waals surface area (Å²) in [4.78, 5) is 48.7. The number of aliphatic carboxylic acids is 2. The molecule has 222 valence electrons. The maximum absolute atomic E-state index is 13.0. The van der Waals surface area contributed by atoms with Gasteiger partial charge < -0.3 is 34.5 Å². The van der Waals surface area contributed by atoms with Crippen molar-refractivity contribution in [3.05, 3.63) is 45.6 Å². The number of amides is 1. The van der Waals surface area contributed by atoms with Crippen molar-refractivity contribution in [3.63, 3.8) is 0 Å². The number of carboxylic acids is 2. The van der Waals surface area contributed by atoms with E-state index in [1.165, 1.54) is 41.4 Å². The number of benzene rings is 1. The maximum Gasteiger partial charge on any atom is 0.320 e. The Hall–Kier alpha value is -4.28. The van der Waals surface area contributed by atoms with E-state index in [1.807, 2.05) is 6.07 Å². The molecule has 0 heterocycles. The number of hydrogen-bond acceptors (Lipinski definition) is 8. The Morgan fingerprint density at radius 2 is 1.56 bits per heavy atom. The number of ether oxygens (including phenoxy) is 4. The summed E-state index contributed by atoms with van der Waals surface area (Å²) in [5, 5.41) is 21.6. The van der Waals surface area contributed by atoms with Gasteiger partial charge in [0.25, 0.3) is 0 Å². The van der Waals surface area contributed by atoms with Crippen LogP contribution in [0.2, 0.25) is 0 Å². The number of hydrogen-bond donors (Lipinski definition) is 3. The first-order chi connectivity index (χ1) is 19.5. The molecule has 0 saturated heterocycles. The van der Waals surface area contributed by atoms with Crippen LogP contribution in [0, 0.1) is 5.41 Å². The minimum atomic E-state index is -1.86. The fraction of sp³-hybridized carbons (Fsp3) is 0.467. The van der Waals surface area contributed by atoms with Crippen LogP contribution in [-0.2, 0) is 20.8 Å². The van der Waals surface area contributed by atoms with Gasteiger partial charge in [0.05, 0.1) is 34.5 Å². The SMILES string of the molecule is COc1cc2c(c(OC)c1OC)-c1ccc(OC)c(=O)cc1[C@@H](NC(=O)CCCCCC(C)(C(=O)O)C(=O)O)CC2. The number of aryl methyl sites for hydroxylation is 1. The molecule has 0 radical (unpaired) electrons. The molecule has 41 heavy (non-hydrogen) atoms. The highest BCUT2D eigenvalue weighted by Gasteiger charge is 2.40. The Morgan fingerprint density at radius 3 is 2.15 bits per heavy atom. The van der Waals surface area contributed by atoms with Crippen molar-refractivity contribution in [2.24, 2.45) is 5.41 Å². The summed E-state index contributed by atoms with van der Waals surface area (Å²) < 4.78 is 22.2. The van der Waals surface area contributed by atoms with Crippen LogP contribution in [0.4, 0.5) is 0 Å². The smallest absolute Gasteiger partial charge is 0.320 e. The van der Waals surface area contributed by atoms with Crippen LogP contribution < -0.4 is 29.7 Å². The van der Waals surface area contributed by atoms with Gasteiger partial charge in [-0.05, 0) is 67.5 Å². The van der Waals surface area contributed by atoms with Gasteiger partial charge in [0.1, 0.15) is 0 Å². The normalized spacial score (nSPS) is 14.1. The van der Waals surface area contributed by atoms with Gasteiger partial charge in [0.2, 0.25) is 17.1 Å². The highest BCUT2D eigenvalue weighted by atomic mass is 16.5. The molecule has 0 saturated carbocycles. The minimum Gasteiger partial charge on any atom is -0.493 e. The third-order valence-electron chi connectivity index (χ3n) is 7.58. The second-order valence-corrected chi connectivity index (χ2v) is 10.1. The average Bonchev–Trinajstić information content (AvgIpc) is 3.19. The number of methoxy groups -OCH3 is 4. The number of carboxylic acid groups (broad SMARTS) is 2. The van der Waals surface area contributed by atoms with Crippen molar-refractivity contribution in [2.45, 2.75) is 57.9 Å². The van der Waals surface area contributed by atoms with Crippen LogP contribution in [0.25, 0.3) is 11.1 Å². The first-order valence-corrected chi connectivity index (χ1v) is 13.3. The van der Waals surface area contributed by atoms with Crippen molar-refractivity contribution >= 4 is 17.8 Å². The molecule has 1 amide bonds. The minimum absolute atomic E-state index is 0.0348. The molecule has 0 spiro atoms. The molecule has 0 unspecified atom stereocenters. The summed E-state index contributed by atoms with van der Waals surface area (Å²) in [7, 11) is 6.00. The first-order valence-electron chi connectivity index (χ1n) is 13.3. The second kappa shape index (κ2) is 13.4. The monoisotopic (exact) mass is 571 g/mol. The molecule has 0 fully saturated rings. The van der Waals surface area contributed by atoms with Gasteiger partial charge in [-0.25, -0.2) is 0 Å². The largest absolute Gasteiger partial charge is 0.493 e. The molecule has 11 heteroatoms. The standard InChI is InChI=1S/C30H37NO10/c1-30(28(34)35,29(36)37)14-8-6-7-9-24(33)31-20-12-10-17-15-23(39-3)26(40-4)27(41-5)25(17)18-11-13-22(38-2)21(32)16-19(18)20/h11,13,15-16,20H,6-10,12,14H2,1-5H3,(H,31,33)(H,34,35)(H,36,37)/t20-/m0/s1. The van der Waals surface area contributed by atoms with Crippen LogP contribution in [0.1, 0.15) is 62.6 Å². The van der Waals surface area contributed by atoms with Gasteiger partial charge >= 0.3 is 11.9 Å². The molecule has 2 aromatic rings. The summed E-state index contributed by atoms with van der Waals surface area (Å²) in [6, 6.07) is 6.21. The molecular weight excluding hydrogens is 534 g/mol. The molecule has 0 aromatic heterocycles. The van der Waals surface area contributed by atoms with Crippen LogP contribution in [0.3, 0.4) is 0 Å². The molecule has 1 aliphatic rings. The van der Waals surface area contributed by atoms with Crippen LogP contribution in [0.15, 0.2) is 29.1 Å². The second-order valence-electron chi connectivity index (χ2n) is 10.1. The van der Waals surface area contributed by atoms with E-state index in [0.717, 1.165) is 11.1 Å². The van der Waals surface area contributed by atoms with E-state index in [9.17, 15) is 29.4 Å². The highest BCUT2D eigenvalue weighted by molar-refractivity contribution is 5.97. The topological polar surface area (TPSA) is 158 Å². The van der Waals surface area contributed by atoms with E-state index >= 15 is 0 Å². The molecule has 1 aliphatic carbocycles. The fourth-order valence-corrected chi connectivity index (χ4v) is 5.13. The van der Waals surface area contributed by atoms with Gasteiger partial charge in [-0.2, -0.15) is 0 Å². The lowest BCUT2D eigenvalue weighted by atomic mass is 9.85. The van der Waals surface area contributed by atoms with E-state index in [0.29, 0.717) is 60.5 Å². The molecule has 3 rings (SSSR count). The first kappa shape index (κ1) is 31.3.